The van der Waals surface area contributed by atoms with E-state index in [0.29, 0.717) is 42.2 Å². The highest BCUT2D eigenvalue weighted by Crippen LogP contribution is 2.34. The van der Waals surface area contributed by atoms with Gasteiger partial charge in [0.25, 0.3) is 5.91 Å². The molecule has 1 aliphatic carbocycles. The number of carbonyl (C=O) groups excluding carboxylic acids is 2. The van der Waals surface area contributed by atoms with E-state index in [4.69, 9.17) is 9.47 Å². The van der Waals surface area contributed by atoms with Crippen molar-refractivity contribution in [1.29, 1.82) is 0 Å². The van der Waals surface area contributed by atoms with Gasteiger partial charge < -0.3 is 24.8 Å². The Bertz CT molecular complexity index is 1790. The molecule has 1 saturated carbocycles. The van der Waals surface area contributed by atoms with Crippen LogP contribution in [-0.4, -0.2) is 84.7 Å². The molecule has 244 valence electrons. The number of fused-ring (bicyclic) bond motifs is 2. The number of benzene rings is 2. The van der Waals surface area contributed by atoms with Crippen molar-refractivity contribution < 1.29 is 28.6 Å². The molecular formula is C33H40FN7O5. The molecule has 0 spiro atoms. The summed E-state index contributed by atoms with van der Waals surface area (Å²) in [6.07, 6.45) is 4.05. The van der Waals surface area contributed by atoms with E-state index in [1.165, 1.54) is 10.7 Å². The summed E-state index contributed by atoms with van der Waals surface area (Å²) in [4.78, 5) is 39.8. The molecule has 0 bridgehead atoms. The van der Waals surface area contributed by atoms with Gasteiger partial charge in [0.2, 0.25) is 0 Å². The first kappa shape index (κ1) is 31.5. The third kappa shape index (κ3) is 6.28. The van der Waals surface area contributed by atoms with Crippen molar-refractivity contribution in [2.24, 2.45) is 7.05 Å². The fourth-order valence-electron chi connectivity index (χ4n) is 6.46. The molecule has 2 fully saturated rings. The molecular weight excluding hydrogens is 593 g/mol. The zero-order valence-electron chi connectivity index (χ0n) is 27.0. The van der Waals surface area contributed by atoms with E-state index in [9.17, 15) is 19.1 Å². The number of anilines is 2. The van der Waals surface area contributed by atoms with Crippen LogP contribution in [0, 0.1) is 5.82 Å². The average Bonchev–Trinajstić information content (AvgIpc) is 3.55. The molecule has 1 aliphatic heterocycles. The van der Waals surface area contributed by atoms with Crippen LogP contribution in [0.5, 0.6) is 6.01 Å². The molecule has 12 nitrogen and oxygen atoms in total. The van der Waals surface area contributed by atoms with Crippen LogP contribution in [0.15, 0.2) is 36.7 Å². The van der Waals surface area contributed by atoms with Crippen LogP contribution in [0.25, 0.3) is 21.8 Å². The number of nitrogens with one attached hydrogen (secondary N) is 1. The molecule has 0 radical (unpaired) electrons. The van der Waals surface area contributed by atoms with Crippen LogP contribution in [0.1, 0.15) is 64.2 Å². The van der Waals surface area contributed by atoms with E-state index in [1.54, 1.807) is 36.5 Å². The van der Waals surface area contributed by atoms with Gasteiger partial charge in [0.15, 0.2) is 5.82 Å². The maximum absolute atomic E-state index is 14.8. The smallest absolute Gasteiger partial charge is 0.410 e. The fourth-order valence-corrected chi connectivity index (χ4v) is 6.46. The highest BCUT2D eigenvalue weighted by molar-refractivity contribution is 6.14. The van der Waals surface area contributed by atoms with Gasteiger partial charge in [0, 0.05) is 54.7 Å². The molecule has 13 heteroatoms. The molecule has 2 aromatic carbocycles. The Balaban J connectivity index is 1.34. The summed E-state index contributed by atoms with van der Waals surface area (Å²) in [6, 6.07) is 6.16. The van der Waals surface area contributed by atoms with E-state index >= 15 is 0 Å². The molecule has 4 atom stereocenters. The molecule has 2 aliphatic rings. The summed E-state index contributed by atoms with van der Waals surface area (Å²) in [7, 11) is 1.70. The quantitative estimate of drug-likeness (QED) is 0.310. The molecule has 2 N–H and O–H groups in total. The molecule has 2 aromatic heterocycles. The highest BCUT2D eigenvalue weighted by Gasteiger charge is 2.36. The summed E-state index contributed by atoms with van der Waals surface area (Å²) >= 11 is 0. The molecule has 4 aromatic rings. The lowest BCUT2D eigenvalue weighted by Crippen LogP contribution is -2.59. The second-order valence-electron chi connectivity index (χ2n) is 13.3. The predicted octanol–water partition coefficient (Wildman–Crippen LogP) is 5.03. The molecule has 2 amide bonds. The van der Waals surface area contributed by atoms with Gasteiger partial charge in [-0.3, -0.25) is 14.4 Å². The van der Waals surface area contributed by atoms with Crippen LogP contribution in [0.4, 0.5) is 20.6 Å². The standard InChI is InChI=1S/C33H40FN7O5/c1-18-15-40(16-19(2)41(18)32(44)46-33(3,4)5)25-11-10-22(29-23(25)14-35-31(37-29)45-27-9-7-8-26(27)42)30(43)36-21-12-20-17-39(6)38-28(20)24(34)13-21/h10-14,17-19,26-27,42H,7-9,15-16H2,1-6H3,(H,36,43)/t18-,19+,26?,27?. The Morgan fingerprint density at radius 3 is 2.50 bits per heavy atom. The fraction of sp³-hybridized carbons (Fsp3) is 0.485. The van der Waals surface area contributed by atoms with Crippen LogP contribution in [-0.2, 0) is 11.8 Å². The number of hydrogen-bond donors (Lipinski definition) is 2. The summed E-state index contributed by atoms with van der Waals surface area (Å²) in [5, 5.41) is 18.4. The highest BCUT2D eigenvalue weighted by atomic mass is 19.1. The Kier molecular flexibility index (Phi) is 8.21. The monoisotopic (exact) mass is 633 g/mol. The Morgan fingerprint density at radius 2 is 1.83 bits per heavy atom. The minimum absolute atomic E-state index is 0.0592. The second-order valence-corrected chi connectivity index (χ2v) is 13.3. The predicted molar refractivity (Wildman–Crippen MR) is 172 cm³/mol. The summed E-state index contributed by atoms with van der Waals surface area (Å²) in [6.45, 7) is 10.5. The number of piperazine rings is 1. The van der Waals surface area contributed by atoms with Gasteiger partial charge in [0.1, 0.15) is 17.2 Å². The number of hydrogen-bond acceptors (Lipinski definition) is 9. The molecule has 6 rings (SSSR count). The number of amides is 2. The lowest BCUT2D eigenvalue weighted by molar-refractivity contribution is 0.00566. The largest absolute Gasteiger partial charge is 0.457 e. The van der Waals surface area contributed by atoms with Crippen molar-refractivity contribution >= 4 is 45.2 Å². The Hall–Kier alpha value is -4.52. The number of ether oxygens (including phenoxy) is 2. The van der Waals surface area contributed by atoms with Crippen molar-refractivity contribution in [3.63, 3.8) is 0 Å². The number of halogens is 1. The molecule has 46 heavy (non-hydrogen) atoms. The van der Waals surface area contributed by atoms with E-state index in [0.717, 1.165) is 12.1 Å². The zero-order chi connectivity index (χ0) is 32.9. The van der Waals surface area contributed by atoms with Crippen molar-refractivity contribution in [3.05, 3.63) is 48.0 Å². The van der Waals surface area contributed by atoms with Crippen molar-refractivity contribution in [2.75, 3.05) is 23.3 Å². The van der Waals surface area contributed by atoms with Crippen molar-refractivity contribution in [3.8, 4) is 6.01 Å². The lowest BCUT2D eigenvalue weighted by Gasteiger charge is -2.45. The average molecular weight is 634 g/mol. The van der Waals surface area contributed by atoms with Crippen LogP contribution < -0.4 is 15.0 Å². The number of rotatable bonds is 5. The topological polar surface area (TPSA) is 135 Å². The number of nitrogens with zero attached hydrogens (tertiary/aromatic N) is 6. The van der Waals surface area contributed by atoms with Crippen LogP contribution >= 0.6 is 0 Å². The number of carbonyl (C=O) groups is 2. The first-order valence-electron chi connectivity index (χ1n) is 15.6. The lowest BCUT2D eigenvalue weighted by atomic mass is 10.0. The van der Waals surface area contributed by atoms with Gasteiger partial charge in [-0.2, -0.15) is 10.1 Å². The normalized spacial score (nSPS) is 22.0. The van der Waals surface area contributed by atoms with Crippen LogP contribution in [0.3, 0.4) is 0 Å². The molecule has 3 heterocycles. The van der Waals surface area contributed by atoms with Gasteiger partial charge in [-0.1, -0.05) is 0 Å². The van der Waals surface area contributed by atoms with Gasteiger partial charge in [-0.05, 0) is 78.1 Å². The summed E-state index contributed by atoms with van der Waals surface area (Å²) < 4.78 is 28.0. The Morgan fingerprint density at radius 1 is 1.09 bits per heavy atom. The minimum atomic E-state index is -0.616. The maximum Gasteiger partial charge on any atom is 0.410 e. The molecule has 1 saturated heterocycles. The van der Waals surface area contributed by atoms with Gasteiger partial charge in [-0.15, -0.1) is 0 Å². The van der Waals surface area contributed by atoms with Crippen LogP contribution in [0.2, 0.25) is 0 Å². The van der Waals surface area contributed by atoms with Gasteiger partial charge in [-0.25, -0.2) is 14.2 Å². The van der Waals surface area contributed by atoms with E-state index in [1.807, 2.05) is 40.7 Å². The maximum atomic E-state index is 14.8. The van der Waals surface area contributed by atoms with Gasteiger partial charge in [0.05, 0.1) is 29.3 Å². The minimum Gasteiger partial charge on any atom is -0.457 e. The first-order chi connectivity index (χ1) is 21.8. The third-order valence-corrected chi connectivity index (χ3v) is 8.42. The second kappa shape index (κ2) is 12.0. The number of aliphatic hydroxyl groups excluding tert-OH is 1. The zero-order valence-corrected chi connectivity index (χ0v) is 27.0. The number of aliphatic hydroxyl groups is 1. The summed E-state index contributed by atoms with van der Waals surface area (Å²) in [5.74, 6) is -1.03. The van der Waals surface area contributed by atoms with Crippen molar-refractivity contribution in [1.82, 2.24) is 24.6 Å². The number of aryl methyl sites for hydroxylation is 1. The summed E-state index contributed by atoms with van der Waals surface area (Å²) in [5.41, 5.74) is 1.28. The van der Waals surface area contributed by atoms with E-state index in [2.05, 4.69) is 25.3 Å². The van der Waals surface area contributed by atoms with Crippen molar-refractivity contribution in [2.45, 2.75) is 83.8 Å². The van der Waals surface area contributed by atoms with E-state index < -0.39 is 29.5 Å². The number of aromatic nitrogens is 4. The Labute approximate surface area is 266 Å². The van der Waals surface area contributed by atoms with Gasteiger partial charge >= 0.3 is 12.1 Å². The third-order valence-electron chi connectivity index (χ3n) is 8.42. The SMILES string of the molecule is C[C@@H]1CN(c2ccc(C(=O)Nc3cc(F)c4nn(C)cc4c3)c3nc(OC4CCCC4O)ncc23)C[C@H](C)N1C(=O)OC(C)(C)C. The van der Waals surface area contributed by atoms with E-state index in [-0.39, 0.29) is 41.0 Å². The molecule has 2 unspecified atom stereocenters. The first-order valence-corrected chi connectivity index (χ1v) is 15.6.